The van der Waals surface area contributed by atoms with E-state index in [0.717, 1.165) is 18.4 Å². The fraction of sp³-hybridized carbons (Fsp3) is 0.600. The highest BCUT2D eigenvalue weighted by Crippen LogP contribution is 2.37. The van der Waals surface area contributed by atoms with Crippen LogP contribution in [-0.4, -0.2) is 25.3 Å². The minimum atomic E-state index is -3.32. The quantitative estimate of drug-likeness (QED) is 0.875. The summed E-state index contributed by atoms with van der Waals surface area (Å²) in [4.78, 5) is 0. The van der Waals surface area contributed by atoms with E-state index < -0.39 is 21.7 Å². The van der Waals surface area contributed by atoms with Crippen LogP contribution < -0.4 is 4.72 Å². The molecule has 112 valence electrons. The molecule has 20 heavy (non-hydrogen) atoms. The predicted molar refractivity (Wildman–Crippen MR) is 79.8 cm³/mol. The Balaban J connectivity index is 2.25. The fourth-order valence-electron chi connectivity index (χ4n) is 2.93. The van der Waals surface area contributed by atoms with Crippen LogP contribution in [0.1, 0.15) is 44.6 Å². The second-order valence-electron chi connectivity index (χ2n) is 5.53. The average molecular weight is 297 g/mol. The summed E-state index contributed by atoms with van der Waals surface area (Å²) in [6, 6.07) is 8.94. The van der Waals surface area contributed by atoms with Gasteiger partial charge in [0.15, 0.2) is 0 Å². The van der Waals surface area contributed by atoms with E-state index in [0.29, 0.717) is 19.3 Å². The Bertz CT molecular complexity index is 529. The predicted octanol–water partition coefficient (Wildman–Crippen LogP) is 2.15. The van der Waals surface area contributed by atoms with Gasteiger partial charge in [0, 0.05) is 0 Å². The second kappa shape index (κ2) is 6.24. The van der Waals surface area contributed by atoms with Crippen molar-refractivity contribution in [3.8, 4) is 0 Å². The Hall–Kier alpha value is -0.910. The maximum absolute atomic E-state index is 12.0. The fourth-order valence-corrected chi connectivity index (χ4v) is 4.33. The number of nitrogens with one attached hydrogen (secondary N) is 1. The topological polar surface area (TPSA) is 66.4 Å². The first kappa shape index (κ1) is 15.5. The van der Waals surface area contributed by atoms with E-state index in [1.54, 1.807) is 0 Å². The number of hydrogen-bond donors (Lipinski definition) is 2. The van der Waals surface area contributed by atoms with Crippen molar-refractivity contribution in [2.45, 2.75) is 50.7 Å². The van der Waals surface area contributed by atoms with Gasteiger partial charge in [-0.1, -0.05) is 50.1 Å². The first-order valence-corrected chi connectivity index (χ1v) is 8.91. The summed E-state index contributed by atoms with van der Waals surface area (Å²) >= 11 is 0. The van der Waals surface area contributed by atoms with E-state index >= 15 is 0 Å². The van der Waals surface area contributed by atoms with Crippen LogP contribution in [0.3, 0.4) is 0 Å². The maximum atomic E-state index is 12.0. The molecule has 2 atom stereocenters. The minimum absolute atomic E-state index is 0.106. The summed E-state index contributed by atoms with van der Waals surface area (Å²) in [7, 11) is -3.32. The van der Waals surface area contributed by atoms with Gasteiger partial charge in [0.2, 0.25) is 10.0 Å². The highest BCUT2D eigenvalue weighted by molar-refractivity contribution is 7.89. The van der Waals surface area contributed by atoms with E-state index in [9.17, 15) is 13.5 Å². The van der Waals surface area contributed by atoms with Crippen molar-refractivity contribution in [1.82, 2.24) is 4.72 Å². The van der Waals surface area contributed by atoms with Crippen molar-refractivity contribution in [1.29, 1.82) is 0 Å². The lowest BCUT2D eigenvalue weighted by Crippen LogP contribution is -2.52. The van der Waals surface area contributed by atoms with Gasteiger partial charge in [-0.05, 0) is 24.8 Å². The largest absolute Gasteiger partial charge is 0.383 e. The van der Waals surface area contributed by atoms with E-state index in [-0.39, 0.29) is 5.75 Å². The lowest BCUT2D eigenvalue weighted by Gasteiger charge is -2.40. The van der Waals surface area contributed by atoms with Crippen molar-refractivity contribution < 1.29 is 13.5 Å². The van der Waals surface area contributed by atoms with Crippen molar-refractivity contribution in [3.05, 3.63) is 35.9 Å². The monoisotopic (exact) mass is 297 g/mol. The van der Waals surface area contributed by atoms with Crippen LogP contribution in [0.2, 0.25) is 0 Å². The SMILES string of the molecule is CCCS(=O)(=O)NC1CCCCC1(O)c1ccccc1. The van der Waals surface area contributed by atoms with Gasteiger partial charge in [-0.25, -0.2) is 13.1 Å². The molecule has 0 spiro atoms. The summed E-state index contributed by atoms with van der Waals surface area (Å²) in [5.41, 5.74) is -0.302. The molecule has 1 aromatic carbocycles. The summed E-state index contributed by atoms with van der Waals surface area (Å²) in [6.07, 6.45) is 3.70. The average Bonchev–Trinajstić information content (AvgIpc) is 2.42. The number of hydrogen-bond acceptors (Lipinski definition) is 3. The highest BCUT2D eigenvalue weighted by atomic mass is 32.2. The molecule has 1 fully saturated rings. The standard InChI is InChI=1S/C15H23NO3S/c1-2-12-20(18,19)16-14-10-6-7-11-15(14,17)13-8-4-3-5-9-13/h3-5,8-9,14,16-17H,2,6-7,10-12H2,1H3. The van der Waals surface area contributed by atoms with Crippen LogP contribution >= 0.6 is 0 Å². The molecule has 0 bridgehead atoms. The second-order valence-corrected chi connectivity index (χ2v) is 7.40. The Labute approximate surface area is 121 Å². The number of aliphatic hydroxyl groups is 1. The zero-order valence-electron chi connectivity index (χ0n) is 11.9. The Kier molecular flexibility index (Phi) is 4.83. The minimum Gasteiger partial charge on any atom is -0.383 e. The van der Waals surface area contributed by atoms with E-state index in [2.05, 4.69) is 4.72 Å². The first-order chi connectivity index (χ1) is 9.48. The molecule has 4 nitrogen and oxygen atoms in total. The zero-order chi connectivity index (χ0) is 14.6. The number of sulfonamides is 1. The van der Waals surface area contributed by atoms with Gasteiger partial charge < -0.3 is 5.11 Å². The van der Waals surface area contributed by atoms with Crippen LogP contribution in [0.25, 0.3) is 0 Å². The number of benzene rings is 1. The molecular weight excluding hydrogens is 274 g/mol. The molecule has 5 heteroatoms. The summed E-state index contributed by atoms with van der Waals surface area (Å²) in [5.74, 6) is 0.106. The molecule has 0 amide bonds. The third-order valence-electron chi connectivity index (χ3n) is 3.95. The molecular formula is C15H23NO3S. The molecule has 2 N–H and O–H groups in total. The van der Waals surface area contributed by atoms with Crippen LogP contribution in [0.4, 0.5) is 0 Å². The van der Waals surface area contributed by atoms with Crippen molar-refractivity contribution in [3.63, 3.8) is 0 Å². The van der Waals surface area contributed by atoms with Crippen LogP contribution in [0.15, 0.2) is 30.3 Å². The Morgan fingerprint density at radius 3 is 2.65 bits per heavy atom. The molecule has 1 aliphatic carbocycles. The van der Waals surface area contributed by atoms with Crippen LogP contribution in [0, 0.1) is 0 Å². The zero-order valence-corrected chi connectivity index (χ0v) is 12.7. The molecule has 0 aliphatic heterocycles. The van der Waals surface area contributed by atoms with Gasteiger partial charge in [-0.2, -0.15) is 0 Å². The van der Waals surface area contributed by atoms with E-state index in [1.165, 1.54) is 0 Å². The molecule has 1 saturated carbocycles. The molecule has 0 radical (unpaired) electrons. The molecule has 0 aromatic heterocycles. The normalized spacial score (nSPS) is 27.4. The van der Waals surface area contributed by atoms with Gasteiger partial charge in [-0.3, -0.25) is 0 Å². The van der Waals surface area contributed by atoms with Gasteiger partial charge >= 0.3 is 0 Å². The maximum Gasteiger partial charge on any atom is 0.211 e. The molecule has 1 aliphatic rings. The van der Waals surface area contributed by atoms with Gasteiger partial charge in [-0.15, -0.1) is 0 Å². The third kappa shape index (κ3) is 3.40. The van der Waals surface area contributed by atoms with Crippen molar-refractivity contribution in [2.24, 2.45) is 0 Å². The van der Waals surface area contributed by atoms with Gasteiger partial charge in [0.1, 0.15) is 5.60 Å². The van der Waals surface area contributed by atoms with Crippen molar-refractivity contribution in [2.75, 3.05) is 5.75 Å². The van der Waals surface area contributed by atoms with Gasteiger partial charge in [0.05, 0.1) is 11.8 Å². The lowest BCUT2D eigenvalue weighted by atomic mass is 9.76. The van der Waals surface area contributed by atoms with Crippen LogP contribution in [0.5, 0.6) is 0 Å². The lowest BCUT2D eigenvalue weighted by molar-refractivity contribution is -0.0249. The van der Waals surface area contributed by atoms with E-state index in [4.69, 9.17) is 0 Å². The van der Waals surface area contributed by atoms with E-state index in [1.807, 2.05) is 37.3 Å². The number of rotatable bonds is 5. The first-order valence-electron chi connectivity index (χ1n) is 7.26. The molecule has 0 saturated heterocycles. The van der Waals surface area contributed by atoms with Crippen molar-refractivity contribution >= 4 is 10.0 Å². The molecule has 2 rings (SSSR count). The summed E-state index contributed by atoms with van der Waals surface area (Å²) < 4.78 is 26.7. The Morgan fingerprint density at radius 2 is 2.00 bits per heavy atom. The Morgan fingerprint density at radius 1 is 1.30 bits per heavy atom. The highest BCUT2D eigenvalue weighted by Gasteiger charge is 2.42. The smallest absolute Gasteiger partial charge is 0.211 e. The van der Waals surface area contributed by atoms with Gasteiger partial charge in [0.25, 0.3) is 0 Å². The van der Waals surface area contributed by atoms with Crippen LogP contribution in [-0.2, 0) is 15.6 Å². The molecule has 1 aromatic rings. The molecule has 2 unspecified atom stereocenters. The summed E-state index contributed by atoms with van der Waals surface area (Å²) in [5, 5.41) is 11.0. The molecule has 0 heterocycles. The summed E-state index contributed by atoms with van der Waals surface area (Å²) in [6.45, 7) is 1.84. The third-order valence-corrected chi connectivity index (χ3v) is 5.53.